The molecule has 4 heteroatoms. The molecule has 1 heterocycles. The topological polar surface area (TPSA) is 57.0 Å². The Balaban J connectivity index is 2.06. The van der Waals surface area contributed by atoms with E-state index in [1.165, 1.54) is 6.08 Å². The Hall–Kier alpha value is -2.93. The number of hydrogen-bond donors (Lipinski definition) is 0. The molecule has 0 aliphatic heterocycles. The van der Waals surface area contributed by atoms with Gasteiger partial charge in [0.25, 0.3) is 0 Å². The summed E-state index contributed by atoms with van der Waals surface area (Å²) in [5, 5.41) is 8.75. The summed E-state index contributed by atoms with van der Waals surface area (Å²) in [6.07, 6.45) is 5.32. The maximum absolute atomic E-state index is 12.3. The first kappa shape index (κ1) is 15.5. The van der Waals surface area contributed by atoms with Gasteiger partial charge < -0.3 is 4.90 Å². The molecule has 1 aromatic heterocycles. The fraction of sp³-hybridized carbons (Fsp3) is 0.167. The summed E-state index contributed by atoms with van der Waals surface area (Å²) < 4.78 is 0. The Morgan fingerprint density at radius 2 is 1.95 bits per heavy atom. The molecule has 4 nitrogen and oxygen atoms in total. The zero-order chi connectivity index (χ0) is 15.6. The van der Waals surface area contributed by atoms with E-state index < -0.39 is 0 Å². The summed E-state index contributed by atoms with van der Waals surface area (Å²) in [7, 11) is 0. The van der Waals surface area contributed by atoms with E-state index >= 15 is 0 Å². The van der Waals surface area contributed by atoms with Gasteiger partial charge in [-0.05, 0) is 23.8 Å². The van der Waals surface area contributed by atoms with E-state index in [9.17, 15) is 4.79 Å². The third-order valence-electron chi connectivity index (χ3n) is 3.10. The maximum Gasteiger partial charge on any atom is 0.246 e. The van der Waals surface area contributed by atoms with Crippen LogP contribution >= 0.6 is 0 Å². The van der Waals surface area contributed by atoms with E-state index in [0.29, 0.717) is 19.5 Å². The van der Waals surface area contributed by atoms with Gasteiger partial charge in [0, 0.05) is 18.8 Å². The molecule has 0 bridgehead atoms. The van der Waals surface area contributed by atoms with Gasteiger partial charge in [0.1, 0.15) is 0 Å². The van der Waals surface area contributed by atoms with Crippen molar-refractivity contribution in [3.8, 4) is 6.07 Å². The zero-order valence-corrected chi connectivity index (χ0v) is 12.2. The van der Waals surface area contributed by atoms with Gasteiger partial charge in [-0.15, -0.1) is 0 Å². The second-order valence-electron chi connectivity index (χ2n) is 4.73. The highest BCUT2D eigenvalue weighted by molar-refractivity contribution is 5.91. The van der Waals surface area contributed by atoms with Crippen molar-refractivity contribution in [1.29, 1.82) is 5.26 Å². The average molecular weight is 291 g/mol. The van der Waals surface area contributed by atoms with Gasteiger partial charge in [-0.25, -0.2) is 0 Å². The summed E-state index contributed by atoms with van der Waals surface area (Å²) in [5.41, 5.74) is 1.77. The molecule has 110 valence electrons. The van der Waals surface area contributed by atoms with Crippen LogP contribution in [-0.4, -0.2) is 22.3 Å². The number of pyridine rings is 1. The number of carbonyl (C=O) groups is 1. The van der Waals surface area contributed by atoms with Gasteiger partial charge in [0.15, 0.2) is 0 Å². The molecular formula is C18H17N3O. The highest BCUT2D eigenvalue weighted by atomic mass is 16.2. The molecule has 2 rings (SSSR count). The lowest BCUT2D eigenvalue weighted by Crippen LogP contribution is -2.30. The number of amides is 1. The lowest BCUT2D eigenvalue weighted by molar-refractivity contribution is -0.126. The van der Waals surface area contributed by atoms with Crippen LogP contribution in [0.5, 0.6) is 0 Å². The zero-order valence-electron chi connectivity index (χ0n) is 12.2. The van der Waals surface area contributed by atoms with Crippen molar-refractivity contribution >= 4 is 12.0 Å². The first-order valence-corrected chi connectivity index (χ1v) is 7.08. The Kier molecular flexibility index (Phi) is 5.89. The van der Waals surface area contributed by atoms with Crippen LogP contribution in [0.15, 0.2) is 60.8 Å². The van der Waals surface area contributed by atoms with Crippen LogP contribution < -0.4 is 0 Å². The molecule has 1 aromatic carbocycles. The number of nitrogens with zero attached hydrogens (tertiary/aromatic N) is 3. The van der Waals surface area contributed by atoms with E-state index in [1.54, 1.807) is 17.2 Å². The highest BCUT2D eigenvalue weighted by Crippen LogP contribution is 2.06. The molecule has 0 atom stereocenters. The Morgan fingerprint density at radius 3 is 2.64 bits per heavy atom. The number of benzene rings is 1. The van der Waals surface area contributed by atoms with Crippen LogP contribution in [0.4, 0.5) is 0 Å². The van der Waals surface area contributed by atoms with Crippen molar-refractivity contribution in [2.45, 2.75) is 13.0 Å². The van der Waals surface area contributed by atoms with E-state index in [2.05, 4.69) is 11.1 Å². The lowest BCUT2D eigenvalue weighted by Gasteiger charge is -2.19. The van der Waals surface area contributed by atoms with Gasteiger partial charge in [0.05, 0.1) is 24.7 Å². The summed E-state index contributed by atoms with van der Waals surface area (Å²) in [6.45, 7) is 0.797. The van der Waals surface area contributed by atoms with Crippen LogP contribution in [0, 0.1) is 11.3 Å². The largest absolute Gasteiger partial charge is 0.332 e. The normalized spacial score (nSPS) is 10.3. The molecule has 0 aliphatic carbocycles. The maximum atomic E-state index is 12.3. The van der Waals surface area contributed by atoms with Crippen molar-refractivity contribution in [3.05, 3.63) is 72.1 Å². The number of nitriles is 1. The smallest absolute Gasteiger partial charge is 0.246 e. The van der Waals surface area contributed by atoms with Gasteiger partial charge in [-0.1, -0.05) is 36.4 Å². The lowest BCUT2D eigenvalue weighted by atomic mass is 10.2. The molecule has 0 aliphatic rings. The monoisotopic (exact) mass is 291 g/mol. The molecule has 0 fully saturated rings. The van der Waals surface area contributed by atoms with E-state index in [-0.39, 0.29) is 5.91 Å². The van der Waals surface area contributed by atoms with Crippen molar-refractivity contribution in [2.75, 3.05) is 6.54 Å². The minimum absolute atomic E-state index is 0.121. The van der Waals surface area contributed by atoms with E-state index in [0.717, 1.165) is 11.3 Å². The Morgan fingerprint density at radius 1 is 1.18 bits per heavy atom. The van der Waals surface area contributed by atoms with Crippen LogP contribution in [0.1, 0.15) is 17.7 Å². The summed E-state index contributed by atoms with van der Waals surface area (Å²) in [5.74, 6) is -0.121. The molecule has 1 amide bonds. The predicted octanol–water partition coefficient (Wildman–Crippen LogP) is 3.04. The molecule has 0 N–H and O–H groups in total. The van der Waals surface area contributed by atoms with Gasteiger partial charge >= 0.3 is 0 Å². The number of hydrogen-bond acceptors (Lipinski definition) is 3. The van der Waals surface area contributed by atoms with Crippen LogP contribution in [0.2, 0.25) is 0 Å². The molecule has 0 spiro atoms. The summed E-state index contributed by atoms with van der Waals surface area (Å²) >= 11 is 0. The quantitative estimate of drug-likeness (QED) is 0.769. The predicted molar refractivity (Wildman–Crippen MR) is 85.4 cm³/mol. The fourth-order valence-electron chi connectivity index (χ4n) is 1.98. The third-order valence-corrected chi connectivity index (χ3v) is 3.10. The number of aromatic nitrogens is 1. The van der Waals surface area contributed by atoms with Crippen molar-refractivity contribution in [3.63, 3.8) is 0 Å². The van der Waals surface area contributed by atoms with Crippen LogP contribution in [-0.2, 0) is 11.3 Å². The number of rotatable bonds is 6. The van der Waals surface area contributed by atoms with Crippen molar-refractivity contribution in [2.24, 2.45) is 0 Å². The Labute approximate surface area is 130 Å². The molecular weight excluding hydrogens is 274 g/mol. The van der Waals surface area contributed by atoms with E-state index in [1.807, 2.05) is 48.5 Å². The first-order chi connectivity index (χ1) is 10.8. The van der Waals surface area contributed by atoms with Crippen LogP contribution in [0.3, 0.4) is 0 Å². The van der Waals surface area contributed by atoms with Gasteiger partial charge in [-0.2, -0.15) is 5.26 Å². The molecule has 22 heavy (non-hydrogen) atoms. The van der Waals surface area contributed by atoms with Crippen LogP contribution in [0.25, 0.3) is 6.08 Å². The van der Waals surface area contributed by atoms with Crippen molar-refractivity contribution in [1.82, 2.24) is 9.88 Å². The molecule has 0 unspecified atom stereocenters. The summed E-state index contributed by atoms with van der Waals surface area (Å²) in [4.78, 5) is 18.2. The second-order valence-corrected chi connectivity index (χ2v) is 4.73. The van der Waals surface area contributed by atoms with Crippen molar-refractivity contribution < 1.29 is 4.79 Å². The SMILES string of the molecule is N#CCCN(Cc1ccccn1)C(=O)/C=C/c1ccccc1. The third kappa shape index (κ3) is 4.88. The highest BCUT2D eigenvalue weighted by Gasteiger charge is 2.11. The number of carbonyl (C=O) groups excluding carboxylic acids is 1. The minimum atomic E-state index is -0.121. The molecule has 0 saturated heterocycles. The Bertz CT molecular complexity index is 660. The fourth-order valence-corrected chi connectivity index (χ4v) is 1.98. The second kappa shape index (κ2) is 8.38. The van der Waals surface area contributed by atoms with Gasteiger partial charge in [-0.3, -0.25) is 9.78 Å². The standard InChI is InChI=1S/C18H17N3O/c19-12-6-14-21(15-17-9-4-5-13-20-17)18(22)11-10-16-7-2-1-3-8-16/h1-5,7-11,13H,6,14-15H2/b11-10+. The average Bonchev–Trinajstić information content (AvgIpc) is 2.58. The summed E-state index contributed by atoms with van der Waals surface area (Å²) in [6, 6.07) is 17.3. The van der Waals surface area contributed by atoms with Gasteiger partial charge in [0.2, 0.25) is 5.91 Å². The molecule has 2 aromatic rings. The molecule has 0 saturated carbocycles. The minimum Gasteiger partial charge on any atom is -0.332 e. The van der Waals surface area contributed by atoms with E-state index in [4.69, 9.17) is 5.26 Å². The first-order valence-electron chi connectivity index (χ1n) is 7.08. The molecule has 0 radical (unpaired) electrons.